The molecule has 2 heterocycles. The average Bonchev–Trinajstić information content (AvgIpc) is 3.10. The molecule has 140 valence electrons. The average molecular weight is 358 g/mol. The topological polar surface area (TPSA) is 59.8 Å². The Morgan fingerprint density at radius 1 is 1.31 bits per heavy atom. The monoisotopic (exact) mass is 358 g/mol. The van der Waals surface area contributed by atoms with E-state index in [0.29, 0.717) is 6.61 Å². The number of rotatable bonds is 7. The van der Waals surface area contributed by atoms with Crippen molar-refractivity contribution in [3.05, 3.63) is 47.8 Å². The normalized spacial score (nSPS) is 17.0. The van der Waals surface area contributed by atoms with Crippen LogP contribution in [0.4, 0.5) is 0 Å². The SMILES string of the molecule is COc1ccccc1CN1Cc2ccnn2C(COCC(=O)N(C)C)C1. The third kappa shape index (κ3) is 4.23. The summed E-state index contributed by atoms with van der Waals surface area (Å²) in [6, 6.07) is 10.2. The van der Waals surface area contributed by atoms with Crippen molar-refractivity contribution in [3.8, 4) is 5.75 Å². The van der Waals surface area contributed by atoms with Gasteiger partial charge >= 0.3 is 0 Å². The minimum Gasteiger partial charge on any atom is -0.496 e. The van der Waals surface area contributed by atoms with Gasteiger partial charge < -0.3 is 14.4 Å². The molecule has 1 atom stereocenters. The molecule has 7 heteroatoms. The van der Waals surface area contributed by atoms with Crippen LogP contribution in [0, 0.1) is 0 Å². The lowest BCUT2D eigenvalue weighted by Gasteiger charge is -2.34. The Balaban J connectivity index is 1.66. The fourth-order valence-corrected chi connectivity index (χ4v) is 3.19. The van der Waals surface area contributed by atoms with Crippen molar-refractivity contribution < 1.29 is 14.3 Å². The fraction of sp³-hybridized carbons (Fsp3) is 0.474. The molecule has 1 aliphatic rings. The number of aromatic nitrogens is 2. The lowest BCUT2D eigenvalue weighted by Crippen LogP contribution is -2.39. The maximum absolute atomic E-state index is 11.7. The Bertz CT molecular complexity index is 744. The molecule has 1 aromatic heterocycles. The molecule has 1 aliphatic heterocycles. The molecule has 1 aromatic carbocycles. The number of likely N-dealkylation sites (N-methyl/N-ethyl adjacent to an activating group) is 1. The Labute approximate surface area is 154 Å². The smallest absolute Gasteiger partial charge is 0.248 e. The van der Waals surface area contributed by atoms with Gasteiger partial charge in [0.25, 0.3) is 0 Å². The van der Waals surface area contributed by atoms with Crippen LogP contribution in [0.15, 0.2) is 36.5 Å². The van der Waals surface area contributed by atoms with E-state index in [1.807, 2.05) is 35.1 Å². The lowest BCUT2D eigenvalue weighted by atomic mass is 10.1. The number of para-hydroxylation sites is 1. The Morgan fingerprint density at radius 3 is 2.88 bits per heavy atom. The number of benzene rings is 1. The van der Waals surface area contributed by atoms with Crippen LogP contribution in [0.3, 0.4) is 0 Å². The molecule has 0 aliphatic carbocycles. The number of carbonyl (C=O) groups excluding carboxylic acids is 1. The van der Waals surface area contributed by atoms with Crippen molar-refractivity contribution in [2.45, 2.75) is 19.1 Å². The molecular formula is C19H26N4O3. The highest BCUT2D eigenvalue weighted by atomic mass is 16.5. The quantitative estimate of drug-likeness (QED) is 0.752. The predicted molar refractivity (Wildman–Crippen MR) is 97.9 cm³/mol. The number of hydrogen-bond donors (Lipinski definition) is 0. The molecule has 0 saturated heterocycles. The summed E-state index contributed by atoms with van der Waals surface area (Å²) in [5.74, 6) is 0.864. The summed E-state index contributed by atoms with van der Waals surface area (Å²) >= 11 is 0. The zero-order valence-corrected chi connectivity index (χ0v) is 15.6. The maximum atomic E-state index is 11.7. The van der Waals surface area contributed by atoms with Gasteiger partial charge in [0, 0.05) is 45.5 Å². The van der Waals surface area contributed by atoms with Gasteiger partial charge in [-0.2, -0.15) is 5.10 Å². The van der Waals surface area contributed by atoms with Crippen LogP contribution >= 0.6 is 0 Å². The first-order valence-corrected chi connectivity index (χ1v) is 8.73. The number of carbonyl (C=O) groups is 1. The van der Waals surface area contributed by atoms with Gasteiger partial charge in [0.15, 0.2) is 0 Å². The van der Waals surface area contributed by atoms with Gasteiger partial charge in [-0.3, -0.25) is 14.4 Å². The highest BCUT2D eigenvalue weighted by molar-refractivity contribution is 5.76. The summed E-state index contributed by atoms with van der Waals surface area (Å²) < 4.78 is 13.1. The molecule has 2 aromatic rings. The first kappa shape index (κ1) is 18.4. The maximum Gasteiger partial charge on any atom is 0.248 e. The van der Waals surface area contributed by atoms with Gasteiger partial charge in [-0.25, -0.2) is 0 Å². The molecule has 7 nitrogen and oxygen atoms in total. The zero-order valence-electron chi connectivity index (χ0n) is 15.6. The number of nitrogens with zero attached hydrogens (tertiary/aromatic N) is 4. The number of ether oxygens (including phenoxy) is 2. The second-order valence-corrected chi connectivity index (χ2v) is 6.71. The molecule has 3 rings (SSSR count). The summed E-state index contributed by atoms with van der Waals surface area (Å²) in [6.07, 6.45) is 1.82. The minimum absolute atomic E-state index is 0.0348. The van der Waals surface area contributed by atoms with Crippen molar-refractivity contribution in [1.29, 1.82) is 0 Å². The molecular weight excluding hydrogens is 332 g/mol. The molecule has 0 fully saturated rings. The first-order valence-electron chi connectivity index (χ1n) is 8.73. The van der Waals surface area contributed by atoms with E-state index in [9.17, 15) is 4.79 Å². The standard InChI is InChI=1S/C19H26N4O3/c1-21(2)19(24)14-26-13-17-12-22(11-16-8-9-20-23(16)17)10-15-6-4-5-7-18(15)25-3/h4-9,17H,10-14H2,1-3H3. The molecule has 0 N–H and O–H groups in total. The second kappa shape index (κ2) is 8.33. The van der Waals surface area contributed by atoms with Crippen molar-refractivity contribution in [3.63, 3.8) is 0 Å². The largest absolute Gasteiger partial charge is 0.496 e. The van der Waals surface area contributed by atoms with Gasteiger partial charge in [0.2, 0.25) is 5.91 Å². The van der Waals surface area contributed by atoms with Gasteiger partial charge in [-0.05, 0) is 12.1 Å². The predicted octanol–water partition coefficient (Wildman–Crippen LogP) is 1.55. The summed E-state index contributed by atoms with van der Waals surface area (Å²) in [6.45, 7) is 2.97. The molecule has 0 saturated carbocycles. The zero-order chi connectivity index (χ0) is 18.5. The molecule has 1 unspecified atom stereocenters. The van der Waals surface area contributed by atoms with E-state index in [0.717, 1.165) is 36.6 Å². The lowest BCUT2D eigenvalue weighted by molar-refractivity contribution is -0.134. The van der Waals surface area contributed by atoms with Crippen molar-refractivity contribution in [2.75, 3.05) is 41.0 Å². The number of amides is 1. The second-order valence-electron chi connectivity index (χ2n) is 6.71. The van der Waals surface area contributed by atoms with E-state index < -0.39 is 0 Å². The van der Waals surface area contributed by atoms with Gasteiger partial charge in [0.05, 0.1) is 25.5 Å². The van der Waals surface area contributed by atoms with E-state index in [1.165, 1.54) is 4.90 Å². The first-order chi connectivity index (χ1) is 12.6. The molecule has 0 radical (unpaired) electrons. The van der Waals surface area contributed by atoms with E-state index in [2.05, 4.69) is 16.1 Å². The van der Waals surface area contributed by atoms with Crippen LogP contribution in [-0.4, -0.2) is 66.5 Å². The Kier molecular flexibility index (Phi) is 5.90. The van der Waals surface area contributed by atoms with Crippen molar-refractivity contribution in [1.82, 2.24) is 19.6 Å². The van der Waals surface area contributed by atoms with E-state index in [1.54, 1.807) is 21.2 Å². The third-order valence-corrected chi connectivity index (χ3v) is 4.57. The summed E-state index contributed by atoms with van der Waals surface area (Å²) in [5.41, 5.74) is 2.31. The van der Waals surface area contributed by atoms with E-state index >= 15 is 0 Å². The van der Waals surface area contributed by atoms with Crippen LogP contribution in [0.2, 0.25) is 0 Å². The Hall–Kier alpha value is -2.38. The fourth-order valence-electron chi connectivity index (χ4n) is 3.19. The third-order valence-electron chi connectivity index (χ3n) is 4.57. The van der Waals surface area contributed by atoms with Crippen molar-refractivity contribution in [2.24, 2.45) is 0 Å². The van der Waals surface area contributed by atoms with Crippen LogP contribution in [0.1, 0.15) is 17.3 Å². The highest BCUT2D eigenvalue weighted by Gasteiger charge is 2.26. The molecule has 0 bridgehead atoms. The van der Waals surface area contributed by atoms with Crippen LogP contribution in [0.25, 0.3) is 0 Å². The number of hydrogen-bond acceptors (Lipinski definition) is 5. The van der Waals surface area contributed by atoms with Crippen LogP contribution in [0.5, 0.6) is 5.75 Å². The number of fused-ring (bicyclic) bond motifs is 1. The van der Waals surface area contributed by atoms with Crippen molar-refractivity contribution >= 4 is 5.91 Å². The van der Waals surface area contributed by atoms with Gasteiger partial charge in [-0.1, -0.05) is 18.2 Å². The van der Waals surface area contributed by atoms with Gasteiger partial charge in [0.1, 0.15) is 12.4 Å². The molecule has 26 heavy (non-hydrogen) atoms. The summed E-state index contributed by atoms with van der Waals surface area (Å²) in [4.78, 5) is 15.6. The van der Waals surface area contributed by atoms with Crippen LogP contribution < -0.4 is 4.74 Å². The minimum atomic E-state index is -0.0348. The van der Waals surface area contributed by atoms with E-state index in [-0.39, 0.29) is 18.6 Å². The summed E-state index contributed by atoms with van der Waals surface area (Å²) in [7, 11) is 5.16. The van der Waals surface area contributed by atoms with Crippen LogP contribution in [-0.2, 0) is 22.6 Å². The van der Waals surface area contributed by atoms with Gasteiger partial charge in [-0.15, -0.1) is 0 Å². The number of methoxy groups -OCH3 is 1. The highest BCUT2D eigenvalue weighted by Crippen LogP contribution is 2.25. The molecule has 0 spiro atoms. The van der Waals surface area contributed by atoms with E-state index in [4.69, 9.17) is 9.47 Å². The summed E-state index contributed by atoms with van der Waals surface area (Å²) in [5, 5.41) is 4.44. The Morgan fingerprint density at radius 2 is 2.12 bits per heavy atom. The molecule has 1 amide bonds.